The SMILES string of the molecule is CC(=Nc1ccc(C(C)C)cc1)c1ccc(C(C)=Nc2ccc(C(C)C)cc2)o1. The highest BCUT2D eigenvalue weighted by Crippen LogP contribution is 2.22. The van der Waals surface area contributed by atoms with Crippen molar-refractivity contribution in [3.05, 3.63) is 83.3 Å². The average molecular weight is 387 g/mol. The van der Waals surface area contributed by atoms with Crippen molar-refractivity contribution in [1.82, 2.24) is 0 Å². The van der Waals surface area contributed by atoms with Crippen molar-refractivity contribution >= 4 is 22.8 Å². The summed E-state index contributed by atoms with van der Waals surface area (Å²) in [5.41, 5.74) is 6.19. The highest BCUT2D eigenvalue weighted by molar-refractivity contribution is 6.01. The molecule has 0 unspecified atom stereocenters. The molecule has 3 heteroatoms. The molecule has 2 aromatic carbocycles. The van der Waals surface area contributed by atoms with Crippen molar-refractivity contribution < 1.29 is 4.42 Å². The van der Waals surface area contributed by atoms with E-state index in [2.05, 4.69) is 76.2 Å². The molecule has 0 aliphatic carbocycles. The molecule has 0 saturated heterocycles. The van der Waals surface area contributed by atoms with Crippen molar-refractivity contribution in [2.45, 2.75) is 53.4 Å². The van der Waals surface area contributed by atoms with Crippen LogP contribution in [-0.2, 0) is 0 Å². The van der Waals surface area contributed by atoms with Gasteiger partial charge in [0, 0.05) is 0 Å². The first kappa shape index (κ1) is 20.8. The molecule has 3 aromatic rings. The molecule has 1 heterocycles. The standard InChI is InChI=1S/C26H30N2O/c1-17(2)21-7-11-23(12-8-21)27-19(5)25-15-16-26(29-25)20(6)28-24-13-9-22(10-14-24)18(3)4/h7-18H,1-6H3. The average Bonchev–Trinajstić information content (AvgIpc) is 3.19. The molecular formula is C26H30N2O. The molecule has 0 aliphatic heterocycles. The van der Waals surface area contributed by atoms with E-state index < -0.39 is 0 Å². The second-order valence-corrected chi connectivity index (χ2v) is 8.05. The monoisotopic (exact) mass is 386 g/mol. The molecule has 0 fully saturated rings. The molecule has 0 atom stereocenters. The van der Waals surface area contributed by atoms with Crippen molar-refractivity contribution in [3.63, 3.8) is 0 Å². The topological polar surface area (TPSA) is 37.9 Å². The lowest BCUT2D eigenvalue weighted by atomic mass is 10.0. The van der Waals surface area contributed by atoms with Gasteiger partial charge in [-0.2, -0.15) is 0 Å². The van der Waals surface area contributed by atoms with E-state index in [9.17, 15) is 0 Å². The van der Waals surface area contributed by atoms with Crippen LogP contribution >= 0.6 is 0 Å². The van der Waals surface area contributed by atoms with E-state index in [0.717, 1.165) is 34.3 Å². The molecule has 0 bridgehead atoms. The lowest BCUT2D eigenvalue weighted by Gasteiger charge is -2.05. The van der Waals surface area contributed by atoms with E-state index in [1.807, 2.05) is 26.0 Å². The summed E-state index contributed by atoms with van der Waals surface area (Å²) in [6.45, 7) is 12.7. The van der Waals surface area contributed by atoms with Gasteiger partial charge in [-0.3, -0.25) is 0 Å². The van der Waals surface area contributed by atoms with Gasteiger partial charge in [0.25, 0.3) is 0 Å². The van der Waals surface area contributed by atoms with Crippen LogP contribution in [0.25, 0.3) is 0 Å². The van der Waals surface area contributed by atoms with Gasteiger partial charge >= 0.3 is 0 Å². The minimum Gasteiger partial charge on any atom is -0.454 e. The van der Waals surface area contributed by atoms with Crippen molar-refractivity contribution in [1.29, 1.82) is 0 Å². The van der Waals surface area contributed by atoms with E-state index in [0.29, 0.717) is 11.8 Å². The third-order valence-corrected chi connectivity index (χ3v) is 5.03. The Kier molecular flexibility index (Phi) is 6.48. The molecular weight excluding hydrogens is 356 g/mol. The maximum absolute atomic E-state index is 6.01. The third-order valence-electron chi connectivity index (χ3n) is 5.03. The van der Waals surface area contributed by atoms with Crippen LogP contribution in [0, 0.1) is 0 Å². The Hall–Kier alpha value is -2.94. The van der Waals surface area contributed by atoms with Gasteiger partial charge in [-0.25, -0.2) is 9.98 Å². The van der Waals surface area contributed by atoms with Crippen LogP contribution in [-0.4, -0.2) is 11.4 Å². The summed E-state index contributed by atoms with van der Waals surface area (Å²) >= 11 is 0. The summed E-state index contributed by atoms with van der Waals surface area (Å²) in [4.78, 5) is 9.39. The van der Waals surface area contributed by atoms with Crippen molar-refractivity contribution in [3.8, 4) is 0 Å². The van der Waals surface area contributed by atoms with Gasteiger partial charge in [-0.1, -0.05) is 52.0 Å². The highest BCUT2D eigenvalue weighted by atomic mass is 16.3. The first-order valence-electron chi connectivity index (χ1n) is 10.2. The number of hydrogen-bond acceptors (Lipinski definition) is 3. The fourth-order valence-corrected chi connectivity index (χ4v) is 3.09. The van der Waals surface area contributed by atoms with E-state index >= 15 is 0 Å². The van der Waals surface area contributed by atoms with Gasteiger partial charge in [0.15, 0.2) is 0 Å². The zero-order valence-electron chi connectivity index (χ0n) is 18.2. The second-order valence-electron chi connectivity index (χ2n) is 8.05. The van der Waals surface area contributed by atoms with E-state index in [1.54, 1.807) is 0 Å². The Balaban J connectivity index is 1.76. The van der Waals surface area contributed by atoms with Gasteiger partial charge in [-0.05, 0) is 73.2 Å². The zero-order valence-corrected chi connectivity index (χ0v) is 18.2. The van der Waals surface area contributed by atoms with Gasteiger partial charge in [0.2, 0.25) is 0 Å². The van der Waals surface area contributed by atoms with E-state index in [4.69, 9.17) is 14.4 Å². The van der Waals surface area contributed by atoms with E-state index in [-0.39, 0.29) is 0 Å². The first-order valence-corrected chi connectivity index (χ1v) is 10.2. The van der Waals surface area contributed by atoms with Crippen LogP contribution in [0.2, 0.25) is 0 Å². The van der Waals surface area contributed by atoms with Crippen molar-refractivity contribution in [2.75, 3.05) is 0 Å². The van der Waals surface area contributed by atoms with Crippen LogP contribution in [0.1, 0.15) is 76.0 Å². The zero-order chi connectivity index (χ0) is 21.0. The minimum atomic E-state index is 0.519. The normalized spacial score (nSPS) is 12.8. The smallest absolute Gasteiger partial charge is 0.148 e. The predicted molar refractivity (Wildman–Crippen MR) is 124 cm³/mol. The number of aliphatic imine (C=N–C) groups is 2. The van der Waals surface area contributed by atoms with Crippen LogP contribution in [0.4, 0.5) is 11.4 Å². The quantitative estimate of drug-likeness (QED) is 0.398. The summed E-state index contributed by atoms with van der Waals surface area (Å²) in [6.07, 6.45) is 0. The molecule has 0 spiro atoms. The van der Waals surface area contributed by atoms with Gasteiger partial charge in [0.1, 0.15) is 11.5 Å². The van der Waals surface area contributed by atoms with Gasteiger partial charge < -0.3 is 4.42 Å². The van der Waals surface area contributed by atoms with Gasteiger partial charge in [0.05, 0.1) is 22.8 Å². The predicted octanol–water partition coefficient (Wildman–Crippen LogP) is 7.81. The molecule has 3 rings (SSSR count). The summed E-state index contributed by atoms with van der Waals surface area (Å²) < 4.78 is 6.01. The Labute approximate surface area is 174 Å². The van der Waals surface area contributed by atoms with Crippen LogP contribution < -0.4 is 0 Å². The fourth-order valence-electron chi connectivity index (χ4n) is 3.09. The Bertz CT molecular complexity index is 922. The molecule has 0 amide bonds. The molecule has 0 aliphatic rings. The largest absolute Gasteiger partial charge is 0.454 e. The number of hydrogen-bond donors (Lipinski definition) is 0. The molecule has 0 saturated carbocycles. The van der Waals surface area contributed by atoms with Crippen LogP contribution in [0.3, 0.4) is 0 Å². The second kappa shape index (κ2) is 9.04. The number of benzene rings is 2. The maximum Gasteiger partial charge on any atom is 0.148 e. The summed E-state index contributed by atoms with van der Waals surface area (Å²) in [5.74, 6) is 2.56. The molecule has 0 radical (unpaired) electrons. The first-order chi connectivity index (χ1) is 13.8. The molecule has 0 N–H and O–H groups in total. The van der Waals surface area contributed by atoms with Crippen LogP contribution in [0.5, 0.6) is 0 Å². The van der Waals surface area contributed by atoms with Gasteiger partial charge in [-0.15, -0.1) is 0 Å². The number of furan rings is 1. The Morgan fingerprint density at radius 2 is 0.931 bits per heavy atom. The van der Waals surface area contributed by atoms with Crippen molar-refractivity contribution in [2.24, 2.45) is 9.98 Å². The lowest BCUT2D eigenvalue weighted by Crippen LogP contribution is -1.94. The summed E-state index contributed by atoms with van der Waals surface area (Å²) in [5, 5.41) is 0. The molecule has 29 heavy (non-hydrogen) atoms. The number of rotatable bonds is 6. The third kappa shape index (κ3) is 5.32. The Morgan fingerprint density at radius 1 is 0.586 bits per heavy atom. The van der Waals surface area contributed by atoms with Crippen LogP contribution in [0.15, 0.2) is 75.1 Å². The van der Waals surface area contributed by atoms with E-state index in [1.165, 1.54) is 11.1 Å². The maximum atomic E-state index is 6.01. The fraction of sp³-hybridized carbons (Fsp3) is 0.308. The lowest BCUT2D eigenvalue weighted by molar-refractivity contribution is 0.548. The molecule has 1 aromatic heterocycles. The summed E-state index contributed by atoms with van der Waals surface area (Å²) in [7, 11) is 0. The summed E-state index contributed by atoms with van der Waals surface area (Å²) in [6, 6.07) is 20.6. The Morgan fingerprint density at radius 3 is 1.24 bits per heavy atom. The molecule has 3 nitrogen and oxygen atoms in total. The highest BCUT2D eigenvalue weighted by Gasteiger charge is 2.09. The minimum absolute atomic E-state index is 0.519. The number of nitrogens with zero attached hydrogens (tertiary/aromatic N) is 2. The molecule has 150 valence electrons.